The molecule has 0 saturated heterocycles. The van der Waals surface area contributed by atoms with Crippen LogP contribution in [-0.2, 0) is 10.0 Å². The number of sulfonamides is 1. The molecule has 1 heterocycles. The zero-order chi connectivity index (χ0) is 16.3. The van der Waals surface area contributed by atoms with Crippen LogP contribution in [-0.4, -0.2) is 24.6 Å². The van der Waals surface area contributed by atoms with Crippen LogP contribution >= 0.6 is 11.8 Å². The Morgan fingerprint density at radius 3 is 2.05 bits per heavy atom. The van der Waals surface area contributed by atoms with Crippen molar-refractivity contribution >= 4 is 44.8 Å². The topological polar surface area (TPSA) is 163 Å². The van der Waals surface area contributed by atoms with Crippen molar-refractivity contribution < 1.29 is 8.42 Å². The maximum Gasteiger partial charge on any atom is 0.238 e. The van der Waals surface area contributed by atoms with Crippen molar-refractivity contribution in [2.24, 2.45) is 15.4 Å². The minimum atomic E-state index is -3.74. The summed E-state index contributed by atoms with van der Waals surface area (Å²) in [6, 6.07) is 5.55. The number of rotatable bonds is 4. The van der Waals surface area contributed by atoms with Crippen molar-refractivity contribution in [2.75, 3.05) is 17.7 Å². The highest BCUT2D eigenvalue weighted by atomic mass is 32.2. The van der Waals surface area contributed by atoms with E-state index < -0.39 is 10.0 Å². The second-order valence-electron chi connectivity index (χ2n) is 4.07. The van der Waals surface area contributed by atoms with E-state index in [2.05, 4.69) is 20.2 Å². The van der Waals surface area contributed by atoms with Gasteiger partial charge in [0.2, 0.25) is 10.0 Å². The zero-order valence-electron chi connectivity index (χ0n) is 11.5. The van der Waals surface area contributed by atoms with Crippen LogP contribution in [0.15, 0.2) is 44.5 Å². The van der Waals surface area contributed by atoms with Crippen LogP contribution in [0.25, 0.3) is 0 Å². The van der Waals surface area contributed by atoms with Crippen molar-refractivity contribution in [3.63, 3.8) is 0 Å². The molecule has 0 fully saturated rings. The summed E-state index contributed by atoms with van der Waals surface area (Å²) in [6.45, 7) is 0. The van der Waals surface area contributed by atoms with Gasteiger partial charge < -0.3 is 11.5 Å². The number of benzene rings is 1. The van der Waals surface area contributed by atoms with Crippen molar-refractivity contribution in [1.82, 2.24) is 9.97 Å². The molecule has 11 heteroatoms. The van der Waals surface area contributed by atoms with Gasteiger partial charge in [0, 0.05) is 0 Å². The zero-order valence-corrected chi connectivity index (χ0v) is 13.1. The molecule has 0 atom stereocenters. The number of aromatic nitrogens is 2. The lowest BCUT2D eigenvalue weighted by atomic mass is 10.3. The molecule has 0 spiro atoms. The molecule has 0 aliphatic carbocycles. The molecule has 0 aliphatic heterocycles. The molecular weight excluding hydrogens is 326 g/mol. The summed E-state index contributed by atoms with van der Waals surface area (Å²) in [7, 11) is -3.74. The van der Waals surface area contributed by atoms with E-state index >= 15 is 0 Å². The lowest BCUT2D eigenvalue weighted by Crippen LogP contribution is -2.11. The maximum atomic E-state index is 11.1. The summed E-state index contributed by atoms with van der Waals surface area (Å²) in [5.74, 6) is 0.225. The Balaban J connectivity index is 2.29. The Morgan fingerprint density at radius 1 is 1.05 bits per heavy atom. The van der Waals surface area contributed by atoms with Gasteiger partial charge in [-0.25, -0.2) is 23.5 Å². The highest BCUT2D eigenvalue weighted by molar-refractivity contribution is 7.98. The molecule has 0 amide bonds. The number of azo groups is 1. The van der Waals surface area contributed by atoms with E-state index in [1.54, 1.807) is 6.26 Å². The van der Waals surface area contributed by atoms with Gasteiger partial charge in [0.05, 0.1) is 10.6 Å². The quantitative estimate of drug-likeness (QED) is 0.431. The smallest absolute Gasteiger partial charge is 0.238 e. The molecule has 2 aromatic rings. The molecular formula is C11H13N7O2S2. The number of nitrogens with two attached hydrogens (primary N) is 3. The molecule has 116 valence electrons. The van der Waals surface area contributed by atoms with Gasteiger partial charge in [-0.3, -0.25) is 0 Å². The van der Waals surface area contributed by atoms with Crippen LogP contribution in [0.2, 0.25) is 0 Å². The summed E-state index contributed by atoms with van der Waals surface area (Å²) in [5, 5.41) is 13.3. The first-order valence-electron chi connectivity index (χ1n) is 5.83. The van der Waals surface area contributed by atoms with Gasteiger partial charge in [0.1, 0.15) is 0 Å². The van der Waals surface area contributed by atoms with Gasteiger partial charge in [-0.1, -0.05) is 11.8 Å². The molecule has 0 saturated carbocycles. The molecule has 6 N–H and O–H groups in total. The van der Waals surface area contributed by atoms with Crippen LogP contribution in [0.5, 0.6) is 0 Å². The predicted molar refractivity (Wildman–Crippen MR) is 84.6 cm³/mol. The molecule has 2 rings (SSSR count). The minimum Gasteiger partial charge on any atom is -0.382 e. The number of primary sulfonamides is 1. The van der Waals surface area contributed by atoms with Crippen LogP contribution in [0, 0.1) is 0 Å². The normalized spacial score (nSPS) is 11.9. The van der Waals surface area contributed by atoms with Crippen LogP contribution in [0.1, 0.15) is 0 Å². The Labute approximate surface area is 131 Å². The Morgan fingerprint density at radius 2 is 1.59 bits per heavy atom. The van der Waals surface area contributed by atoms with E-state index in [1.165, 1.54) is 36.0 Å². The molecule has 0 radical (unpaired) electrons. The first kappa shape index (κ1) is 16.1. The molecule has 0 unspecified atom stereocenters. The molecule has 0 aliphatic rings. The van der Waals surface area contributed by atoms with E-state index in [-0.39, 0.29) is 22.2 Å². The van der Waals surface area contributed by atoms with Crippen molar-refractivity contribution in [2.45, 2.75) is 10.1 Å². The minimum absolute atomic E-state index is 0.0156. The summed E-state index contributed by atoms with van der Waals surface area (Å²) in [4.78, 5) is 8.01. The highest BCUT2D eigenvalue weighted by Crippen LogP contribution is 2.30. The number of anilines is 2. The average molecular weight is 339 g/mol. The Hall–Kier alpha value is -2.24. The van der Waals surface area contributed by atoms with E-state index in [0.29, 0.717) is 10.8 Å². The predicted octanol–water partition coefficient (Wildman–Crippen LogP) is 1.43. The number of hydrogen-bond acceptors (Lipinski definition) is 9. The number of thioether (sulfide) groups is 1. The molecule has 9 nitrogen and oxygen atoms in total. The largest absolute Gasteiger partial charge is 0.382 e. The second-order valence-corrected chi connectivity index (χ2v) is 6.40. The molecule has 0 bridgehead atoms. The average Bonchev–Trinajstić information content (AvgIpc) is 2.45. The van der Waals surface area contributed by atoms with Gasteiger partial charge in [0.25, 0.3) is 0 Å². The Kier molecular flexibility index (Phi) is 4.59. The van der Waals surface area contributed by atoms with Gasteiger partial charge in [-0.05, 0) is 30.5 Å². The SMILES string of the molecule is CSc1nc(N)c(N=Nc2ccc(S(N)(=O)=O)cc2)c(N)n1. The lowest BCUT2D eigenvalue weighted by Gasteiger charge is -2.03. The lowest BCUT2D eigenvalue weighted by molar-refractivity contribution is 0.598. The van der Waals surface area contributed by atoms with E-state index in [1.807, 2.05) is 0 Å². The van der Waals surface area contributed by atoms with Crippen LogP contribution in [0.4, 0.5) is 23.0 Å². The number of nitrogens with zero attached hydrogens (tertiary/aromatic N) is 4. The fourth-order valence-electron chi connectivity index (χ4n) is 1.47. The standard InChI is InChI=1S/C11H13N7O2S2/c1-21-11-15-9(12)8(10(13)16-11)18-17-6-2-4-7(5-3-6)22(14,19)20/h2-5H,1H3,(H2,14,19,20)(H4,12,13,15,16). The summed E-state index contributed by atoms with van der Waals surface area (Å²) in [5.41, 5.74) is 12.1. The van der Waals surface area contributed by atoms with Gasteiger partial charge in [0.15, 0.2) is 22.5 Å². The van der Waals surface area contributed by atoms with Gasteiger partial charge >= 0.3 is 0 Å². The van der Waals surface area contributed by atoms with Gasteiger partial charge in [-0.2, -0.15) is 5.11 Å². The summed E-state index contributed by atoms with van der Waals surface area (Å²) >= 11 is 1.30. The fourth-order valence-corrected chi connectivity index (χ4v) is 2.37. The van der Waals surface area contributed by atoms with E-state index in [0.717, 1.165) is 0 Å². The maximum absolute atomic E-state index is 11.1. The molecule has 1 aromatic heterocycles. The molecule has 22 heavy (non-hydrogen) atoms. The van der Waals surface area contributed by atoms with Crippen LogP contribution < -0.4 is 16.6 Å². The summed E-state index contributed by atoms with van der Waals surface area (Å²) in [6.07, 6.45) is 1.79. The third kappa shape index (κ3) is 3.69. The molecule has 1 aromatic carbocycles. The van der Waals surface area contributed by atoms with E-state index in [4.69, 9.17) is 16.6 Å². The van der Waals surface area contributed by atoms with Gasteiger partial charge in [-0.15, -0.1) is 5.11 Å². The van der Waals surface area contributed by atoms with Crippen molar-refractivity contribution in [1.29, 1.82) is 0 Å². The van der Waals surface area contributed by atoms with Crippen molar-refractivity contribution in [3.8, 4) is 0 Å². The first-order chi connectivity index (χ1) is 10.3. The summed E-state index contributed by atoms with van der Waals surface area (Å²) < 4.78 is 22.3. The van der Waals surface area contributed by atoms with Crippen LogP contribution in [0.3, 0.4) is 0 Å². The van der Waals surface area contributed by atoms with E-state index in [9.17, 15) is 8.42 Å². The highest BCUT2D eigenvalue weighted by Gasteiger charge is 2.10. The first-order valence-corrected chi connectivity index (χ1v) is 8.60. The Bertz CT molecular complexity index is 796. The number of nitrogen functional groups attached to an aromatic ring is 2. The van der Waals surface area contributed by atoms with Crippen molar-refractivity contribution in [3.05, 3.63) is 24.3 Å². The fraction of sp³-hybridized carbons (Fsp3) is 0.0909. The monoisotopic (exact) mass is 339 g/mol. The second kappa shape index (κ2) is 6.25. The number of hydrogen-bond donors (Lipinski definition) is 3. The third-order valence-electron chi connectivity index (χ3n) is 2.53. The third-order valence-corrected chi connectivity index (χ3v) is 4.01.